The maximum atomic E-state index is 6.31. The molecule has 2 N–H and O–H groups in total. The molecule has 0 radical (unpaired) electrons. The Labute approximate surface area is 114 Å². The molecular formula is C15H22N4. The lowest BCUT2D eigenvalue weighted by Crippen LogP contribution is -2.30. The van der Waals surface area contributed by atoms with Crippen LogP contribution < -0.4 is 5.73 Å². The molecule has 2 heterocycles. The summed E-state index contributed by atoms with van der Waals surface area (Å²) in [5.41, 5.74) is 10.5. The predicted octanol–water partition coefficient (Wildman–Crippen LogP) is 2.24. The van der Waals surface area contributed by atoms with E-state index in [4.69, 9.17) is 5.73 Å². The third-order valence-corrected chi connectivity index (χ3v) is 4.19. The zero-order valence-corrected chi connectivity index (χ0v) is 11.9. The molecule has 2 aromatic rings. The standard InChI is InChI=1S/C15H22N4/c1-15(2)8-13(16)12-5-7-19(14(12)9-15)10-11-4-6-17-18(11)3/h4-7,13H,8-10,16H2,1-3H3. The first-order valence-electron chi connectivity index (χ1n) is 6.87. The summed E-state index contributed by atoms with van der Waals surface area (Å²) in [6, 6.07) is 4.43. The van der Waals surface area contributed by atoms with Crippen LogP contribution in [0.3, 0.4) is 0 Å². The monoisotopic (exact) mass is 258 g/mol. The number of rotatable bonds is 2. The van der Waals surface area contributed by atoms with E-state index in [0.29, 0.717) is 0 Å². The van der Waals surface area contributed by atoms with Gasteiger partial charge in [-0.15, -0.1) is 0 Å². The number of nitrogens with zero attached hydrogens (tertiary/aromatic N) is 3. The number of aromatic nitrogens is 3. The molecule has 0 spiro atoms. The van der Waals surface area contributed by atoms with Crippen molar-refractivity contribution in [2.24, 2.45) is 18.2 Å². The largest absolute Gasteiger partial charge is 0.345 e. The Kier molecular flexibility index (Phi) is 2.78. The van der Waals surface area contributed by atoms with Crippen molar-refractivity contribution in [3.05, 3.63) is 41.5 Å². The molecule has 1 unspecified atom stereocenters. The zero-order chi connectivity index (χ0) is 13.6. The van der Waals surface area contributed by atoms with Crippen LogP contribution in [0.15, 0.2) is 24.5 Å². The van der Waals surface area contributed by atoms with Gasteiger partial charge in [0.15, 0.2) is 0 Å². The molecule has 4 heteroatoms. The lowest BCUT2D eigenvalue weighted by atomic mass is 9.74. The van der Waals surface area contributed by atoms with Gasteiger partial charge < -0.3 is 10.3 Å². The summed E-state index contributed by atoms with van der Waals surface area (Å²) < 4.78 is 4.26. The highest BCUT2D eigenvalue weighted by Crippen LogP contribution is 2.40. The highest BCUT2D eigenvalue weighted by molar-refractivity contribution is 5.30. The van der Waals surface area contributed by atoms with E-state index in [1.807, 2.05) is 17.9 Å². The highest BCUT2D eigenvalue weighted by atomic mass is 15.3. The summed E-state index contributed by atoms with van der Waals surface area (Å²) in [6.45, 7) is 5.48. The van der Waals surface area contributed by atoms with Crippen molar-refractivity contribution in [3.63, 3.8) is 0 Å². The van der Waals surface area contributed by atoms with Crippen LogP contribution in [0.2, 0.25) is 0 Å². The van der Waals surface area contributed by atoms with E-state index in [-0.39, 0.29) is 11.5 Å². The minimum absolute atomic E-state index is 0.173. The Morgan fingerprint density at radius 2 is 2.21 bits per heavy atom. The van der Waals surface area contributed by atoms with Crippen molar-refractivity contribution < 1.29 is 0 Å². The van der Waals surface area contributed by atoms with Gasteiger partial charge in [0.05, 0.1) is 12.2 Å². The summed E-state index contributed by atoms with van der Waals surface area (Å²) in [6.07, 6.45) is 6.18. The van der Waals surface area contributed by atoms with Crippen molar-refractivity contribution in [3.8, 4) is 0 Å². The molecule has 0 fully saturated rings. The van der Waals surface area contributed by atoms with E-state index in [1.54, 1.807) is 0 Å². The van der Waals surface area contributed by atoms with Gasteiger partial charge in [-0.3, -0.25) is 4.68 Å². The Balaban J connectivity index is 1.95. The van der Waals surface area contributed by atoms with Crippen LogP contribution in [0.4, 0.5) is 0 Å². The molecule has 2 aromatic heterocycles. The fourth-order valence-corrected chi connectivity index (χ4v) is 3.17. The average molecular weight is 258 g/mol. The molecule has 0 amide bonds. The summed E-state index contributed by atoms with van der Waals surface area (Å²) in [5.74, 6) is 0. The number of aryl methyl sites for hydroxylation is 1. The molecule has 0 saturated heterocycles. The van der Waals surface area contributed by atoms with Crippen molar-refractivity contribution in [1.82, 2.24) is 14.3 Å². The fourth-order valence-electron chi connectivity index (χ4n) is 3.17. The van der Waals surface area contributed by atoms with E-state index in [9.17, 15) is 0 Å². The molecule has 1 aliphatic rings. The lowest BCUT2D eigenvalue weighted by Gasteiger charge is -2.34. The lowest BCUT2D eigenvalue weighted by molar-refractivity contribution is 0.276. The van der Waals surface area contributed by atoms with Crippen molar-refractivity contribution in [1.29, 1.82) is 0 Å². The van der Waals surface area contributed by atoms with Crippen LogP contribution in [0.5, 0.6) is 0 Å². The molecular weight excluding hydrogens is 236 g/mol. The molecule has 0 saturated carbocycles. The van der Waals surface area contributed by atoms with E-state index < -0.39 is 0 Å². The summed E-state index contributed by atoms with van der Waals surface area (Å²) >= 11 is 0. The normalized spacial score (nSPS) is 21.4. The van der Waals surface area contributed by atoms with E-state index in [1.165, 1.54) is 17.0 Å². The Morgan fingerprint density at radius 1 is 1.42 bits per heavy atom. The molecule has 0 bridgehead atoms. The summed E-state index contributed by atoms with van der Waals surface area (Å²) in [5, 5.41) is 4.23. The molecule has 1 aliphatic carbocycles. The molecule has 102 valence electrons. The minimum Gasteiger partial charge on any atom is -0.345 e. The van der Waals surface area contributed by atoms with Gasteiger partial charge in [0.1, 0.15) is 0 Å². The van der Waals surface area contributed by atoms with Crippen LogP contribution in [0.25, 0.3) is 0 Å². The zero-order valence-electron chi connectivity index (χ0n) is 11.9. The van der Waals surface area contributed by atoms with E-state index >= 15 is 0 Å². The second-order valence-corrected chi connectivity index (χ2v) is 6.44. The summed E-state index contributed by atoms with van der Waals surface area (Å²) in [4.78, 5) is 0. The maximum absolute atomic E-state index is 6.31. The average Bonchev–Trinajstić information content (AvgIpc) is 2.87. The van der Waals surface area contributed by atoms with Crippen LogP contribution in [0.1, 0.15) is 43.3 Å². The van der Waals surface area contributed by atoms with Crippen molar-refractivity contribution in [2.45, 2.75) is 39.3 Å². The molecule has 0 aliphatic heterocycles. The van der Waals surface area contributed by atoms with Gasteiger partial charge in [0, 0.05) is 31.2 Å². The van der Waals surface area contributed by atoms with Gasteiger partial charge in [0.25, 0.3) is 0 Å². The predicted molar refractivity (Wildman–Crippen MR) is 75.8 cm³/mol. The first-order chi connectivity index (χ1) is 8.96. The van der Waals surface area contributed by atoms with Crippen LogP contribution in [-0.4, -0.2) is 14.3 Å². The Bertz CT molecular complexity index is 591. The topological polar surface area (TPSA) is 48.8 Å². The molecule has 0 aromatic carbocycles. The van der Waals surface area contributed by atoms with Gasteiger partial charge in [0.2, 0.25) is 0 Å². The second-order valence-electron chi connectivity index (χ2n) is 6.44. The molecule has 4 nitrogen and oxygen atoms in total. The van der Waals surface area contributed by atoms with Gasteiger partial charge in [-0.25, -0.2) is 0 Å². The third kappa shape index (κ3) is 2.21. The van der Waals surface area contributed by atoms with Gasteiger partial charge in [-0.2, -0.15) is 5.10 Å². The molecule has 1 atom stereocenters. The van der Waals surface area contributed by atoms with Crippen molar-refractivity contribution >= 4 is 0 Å². The van der Waals surface area contributed by atoms with Gasteiger partial charge in [-0.05, 0) is 36.0 Å². The van der Waals surface area contributed by atoms with Gasteiger partial charge in [-0.1, -0.05) is 13.8 Å². The number of hydrogen-bond acceptors (Lipinski definition) is 2. The van der Waals surface area contributed by atoms with E-state index in [2.05, 4.69) is 41.8 Å². The first-order valence-corrected chi connectivity index (χ1v) is 6.87. The maximum Gasteiger partial charge on any atom is 0.0642 e. The quantitative estimate of drug-likeness (QED) is 0.898. The van der Waals surface area contributed by atoms with Gasteiger partial charge >= 0.3 is 0 Å². The Morgan fingerprint density at radius 3 is 2.89 bits per heavy atom. The minimum atomic E-state index is 0.173. The molecule has 19 heavy (non-hydrogen) atoms. The second kappa shape index (κ2) is 4.23. The third-order valence-electron chi connectivity index (χ3n) is 4.19. The van der Waals surface area contributed by atoms with Crippen molar-refractivity contribution in [2.75, 3.05) is 0 Å². The van der Waals surface area contributed by atoms with Crippen LogP contribution >= 0.6 is 0 Å². The number of hydrogen-bond donors (Lipinski definition) is 1. The van der Waals surface area contributed by atoms with Crippen LogP contribution in [0, 0.1) is 5.41 Å². The van der Waals surface area contributed by atoms with Crippen LogP contribution in [-0.2, 0) is 20.0 Å². The molecule has 3 rings (SSSR count). The first kappa shape index (κ1) is 12.5. The Hall–Kier alpha value is -1.55. The smallest absolute Gasteiger partial charge is 0.0642 e. The summed E-state index contributed by atoms with van der Waals surface area (Å²) in [7, 11) is 1.99. The van der Waals surface area contributed by atoms with E-state index in [0.717, 1.165) is 19.4 Å². The fraction of sp³-hybridized carbons (Fsp3) is 0.533. The SMILES string of the molecule is Cn1nccc1Cn1ccc2c1CC(C)(C)CC2N. The highest BCUT2D eigenvalue weighted by Gasteiger charge is 2.32. The number of fused-ring (bicyclic) bond motifs is 1. The number of nitrogens with two attached hydrogens (primary N) is 1.